The third-order valence-corrected chi connectivity index (χ3v) is 4.46. The number of ether oxygens (including phenoxy) is 2. The maximum Gasteiger partial charge on any atom is 0.414 e. The monoisotopic (exact) mass is 386 g/mol. The Kier molecular flexibility index (Phi) is 6.13. The van der Waals surface area contributed by atoms with Crippen LogP contribution in [0.2, 0.25) is 0 Å². The van der Waals surface area contributed by atoms with E-state index in [0.29, 0.717) is 17.4 Å². The van der Waals surface area contributed by atoms with Crippen LogP contribution in [0.5, 0.6) is 5.75 Å². The molecular weight excluding hydrogens is 363 g/mol. The van der Waals surface area contributed by atoms with Crippen LogP contribution in [0.15, 0.2) is 48.5 Å². The number of hydrogen-bond acceptors (Lipinski definition) is 4. The van der Waals surface area contributed by atoms with E-state index in [4.69, 9.17) is 9.47 Å². The SMILES string of the molecule is CC(C)c1ccc(OCC(=O)NC[C@H]2CN(c3ccc(F)cc3)C(=O)O2)cc1. The topological polar surface area (TPSA) is 67.9 Å². The van der Waals surface area contributed by atoms with E-state index in [1.54, 1.807) is 0 Å². The van der Waals surface area contributed by atoms with Crippen LogP contribution in [0.25, 0.3) is 0 Å². The van der Waals surface area contributed by atoms with Gasteiger partial charge >= 0.3 is 6.09 Å². The lowest BCUT2D eigenvalue weighted by Gasteiger charge is -2.13. The Bertz CT molecular complexity index is 821. The van der Waals surface area contributed by atoms with Gasteiger partial charge in [-0.1, -0.05) is 26.0 Å². The van der Waals surface area contributed by atoms with Crippen molar-refractivity contribution in [2.75, 3.05) is 24.6 Å². The van der Waals surface area contributed by atoms with E-state index in [2.05, 4.69) is 19.2 Å². The van der Waals surface area contributed by atoms with Gasteiger partial charge in [-0.3, -0.25) is 9.69 Å². The summed E-state index contributed by atoms with van der Waals surface area (Å²) in [5.74, 6) is 0.374. The highest BCUT2D eigenvalue weighted by atomic mass is 19.1. The van der Waals surface area contributed by atoms with E-state index in [0.717, 1.165) is 0 Å². The summed E-state index contributed by atoms with van der Waals surface area (Å²) in [4.78, 5) is 25.4. The van der Waals surface area contributed by atoms with Crippen molar-refractivity contribution >= 4 is 17.7 Å². The number of cyclic esters (lactones) is 1. The zero-order chi connectivity index (χ0) is 20.1. The number of rotatable bonds is 7. The van der Waals surface area contributed by atoms with E-state index in [9.17, 15) is 14.0 Å². The van der Waals surface area contributed by atoms with Gasteiger partial charge < -0.3 is 14.8 Å². The first-order chi connectivity index (χ1) is 13.4. The van der Waals surface area contributed by atoms with Crippen LogP contribution in [0.4, 0.5) is 14.9 Å². The first kappa shape index (κ1) is 19.7. The molecule has 1 aliphatic heterocycles. The zero-order valence-corrected chi connectivity index (χ0v) is 15.9. The molecule has 0 radical (unpaired) electrons. The number of carbonyl (C=O) groups is 2. The van der Waals surface area contributed by atoms with Crippen LogP contribution in [-0.2, 0) is 9.53 Å². The van der Waals surface area contributed by atoms with E-state index in [-0.39, 0.29) is 31.4 Å². The number of nitrogens with zero attached hydrogens (tertiary/aromatic N) is 1. The van der Waals surface area contributed by atoms with Crippen molar-refractivity contribution in [3.05, 3.63) is 59.9 Å². The summed E-state index contributed by atoms with van der Waals surface area (Å²) in [7, 11) is 0. The Balaban J connectivity index is 1.43. The number of hydrogen-bond donors (Lipinski definition) is 1. The smallest absolute Gasteiger partial charge is 0.414 e. The summed E-state index contributed by atoms with van der Waals surface area (Å²) in [5, 5.41) is 2.70. The van der Waals surface area contributed by atoms with Crippen LogP contribution in [-0.4, -0.2) is 37.8 Å². The minimum Gasteiger partial charge on any atom is -0.484 e. The van der Waals surface area contributed by atoms with Gasteiger partial charge in [-0.15, -0.1) is 0 Å². The van der Waals surface area contributed by atoms with E-state index in [1.807, 2.05) is 24.3 Å². The second-order valence-corrected chi connectivity index (χ2v) is 6.91. The summed E-state index contributed by atoms with van der Waals surface area (Å²) in [5.41, 5.74) is 1.75. The molecule has 1 N–H and O–H groups in total. The number of carbonyl (C=O) groups excluding carboxylic acids is 2. The molecule has 6 nitrogen and oxygen atoms in total. The lowest BCUT2D eigenvalue weighted by Crippen LogP contribution is -2.37. The first-order valence-corrected chi connectivity index (χ1v) is 9.15. The molecule has 0 aromatic heterocycles. The third kappa shape index (κ3) is 5.00. The van der Waals surface area contributed by atoms with Gasteiger partial charge in [0.1, 0.15) is 17.7 Å². The van der Waals surface area contributed by atoms with Gasteiger partial charge in [0.25, 0.3) is 5.91 Å². The summed E-state index contributed by atoms with van der Waals surface area (Å²) in [6.07, 6.45) is -1.00. The fraction of sp³-hybridized carbons (Fsp3) is 0.333. The van der Waals surface area contributed by atoms with Crippen molar-refractivity contribution in [3.63, 3.8) is 0 Å². The highest BCUT2D eigenvalue weighted by molar-refractivity contribution is 5.89. The molecule has 148 valence electrons. The molecule has 2 aromatic carbocycles. The lowest BCUT2D eigenvalue weighted by atomic mass is 10.0. The van der Waals surface area contributed by atoms with E-state index < -0.39 is 12.2 Å². The molecule has 1 fully saturated rings. The molecular formula is C21H23FN2O4. The molecule has 0 saturated carbocycles. The highest BCUT2D eigenvalue weighted by Gasteiger charge is 2.32. The van der Waals surface area contributed by atoms with Crippen LogP contribution in [0.1, 0.15) is 25.3 Å². The third-order valence-electron chi connectivity index (χ3n) is 4.46. The number of anilines is 1. The number of halogens is 1. The number of nitrogens with one attached hydrogen (secondary N) is 1. The van der Waals surface area contributed by atoms with Gasteiger partial charge in [0, 0.05) is 5.69 Å². The molecule has 3 rings (SSSR count). The molecule has 28 heavy (non-hydrogen) atoms. The second kappa shape index (κ2) is 8.73. The molecule has 7 heteroatoms. The quantitative estimate of drug-likeness (QED) is 0.791. The molecule has 0 spiro atoms. The summed E-state index contributed by atoms with van der Waals surface area (Å²) in [6.45, 7) is 4.55. The van der Waals surface area contributed by atoms with Crippen LogP contribution >= 0.6 is 0 Å². The molecule has 1 saturated heterocycles. The van der Waals surface area contributed by atoms with Crippen molar-refractivity contribution in [1.29, 1.82) is 0 Å². The Hall–Kier alpha value is -3.09. The maximum atomic E-state index is 13.0. The molecule has 0 bridgehead atoms. The van der Waals surface area contributed by atoms with Gasteiger partial charge in [0.05, 0.1) is 13.1 Å². The van der Waals surface area contributed by atoms with Crippen LogP contribution in [0, 0.1) is 5.82 Å². The Labute approximate surface area is 163 Å². The molecule has 1 atom stereocenters. The average Bonchev–Trinajstić information content (AvgIpc) is 3.06. The standard InChI is InChI=1S/C21H23FN2O4/c1-14(2)15-3-9-18(10-4-15)27-13-20(25)23-11-19-12-24(21(26)28-19)17-7-5-16(22)6-8-17/h3-10,14,19H,11-13H2,1-2H3,(H,23,25)/t19-/m0/s1. The first-order valence-electron chi connectivity index (χ1n) is 9.15. The van der Waals surface area contributed by atoms with Crippen molar-refractivity contribution in [1.82, 2.24) is 5.32 Å². The molecule has 1 heterocycles. The van der Waals surface area contributed by atoms with Gasteiger partial charge in [0.2, 0.25) is 0 Å². The van der Waals surface area contributed by atoms with Crippen LogP contribution in [0.3, 0.4) is 0 Å². The van der Waals surface area contributed by atoms with Gasteiger partial charge in [-0.05, 0) is 47.9 Å². The highest BCUT2D eigenvalue weighted by Crippen LogP contribution is 2.22. The van der Waals surface area contributed by atoms with Crippen molar-refractivity contribution in [3.8, 4) is 5.75 Å². The molecule has 2 amide bonds. The predicted molar refractivity (Wildman–Crippen MR) is 103 cm³/mol. The minimum atomic E-state index is -0.521. The van der Waals surface area contributed by atoms with Crippen molar-refractivity contribution < 1.29 is 23.5 Å². The fourth-order valence-corrected chi connectivity index (χ4v) is 2.84. The minimum absolute atomic E-state index is 0.122. The van der Waals surface area contributed by atoms with Gasteiger partial charge in [-0.2, -0.15) is 0 Å². The summed E-state index contributed by atoms with van der Waals surface area (Å²) >= 11 is 0. The maximum absolute atomic E-state index is 13.0. The molecule has 1 aliphatic rings. The number of benzene rings is 2. The van der Waals surface area contributed by atoms with Gasteiger partial charge in [0.15, 0.2) is 6.61 Å². The van der Waals surface area contributed by atoms with E-state index in [1.165, 1.54) is 34.7 Å². The van der Waals surface area contributed by atoms with Crippen LogP contribution < -0.4 is 15.0 Å². The Morgan fingerprint density at radius 3 is 2.54 bits per heavy atom. The molecule has 0 unspecified atom stereocenters. The van der Waals surface area contributed by atoms with Crippen molar-refractivity contribution in [2.45, 2.75) is 25.9 Å². The summed E-state index contributed by atoms with van der Waals surface area (Å²) < 4.78 is 23.7. The zero-order valence-electron chi connectivity index (χ0n) is 15.9. The summed E-state index contributed by atoms with van der Waals surface area (Å²) in [6, 6.07) is 13.2. The molecule has 2 aromatic rings. The predicted octanol–water partition coefficient (Wildman–Crippen LogP) is 3.47. The normalized spacial score (nSPS) is 16.2. The largest absolute Gasteiger partial charge is 0.484 e. The second-order valence-electron chi connectivity index (χ2n) is 6.91. The Morgan fingerprint density at radius 1 is 1.21 bits per heavy atom. The van der Waals surface area contributed by atoms with Crippen molar-refractivity contribution in [2.24, 2.45) is 0 Å². The lowest BCUT2D eigenvalue weighted by molar-refractivity contribution is -0.123. The van der Waals surface area contributed by atoms with E-state index >= 15 is 0 Å². The molecule has 0 aliphatic carbocycles. The Morgan fingerprint density at radius 2 is 1.89 bits per heavy atom. The number of amides is 2. The van der Waals surface area contributed by atoms with Gasteiger partial charge in [-0.25, -0.2) is 9.18 Å². The average molecular weight is 386 g/mol. The fourth-order valence-electron chi connectivity index (χ4n) is 2.84.